The van der Waals surface area contributed by atoms with E-state index in [2.05, 4.69) is 34.2 Å². The van der Waals surface area contributed by atoms with E-state index in [1.165, 1.54) is 23.6 Å². The van der Waals surface area contributed by atoms with Crippen LogP contribution in [0.25, 0.3) is 0 Å². The van der Waals surface area contributed by atoms with Crippen molar-refractivity contribution in [2.24, 2.45) is 0 Å². The van der Waals surface area contributed by atoms with Crippen molar-refractivity contribution < 1.29 is 19.0 Å². The van der Waals surface area contributed by atoms with Gasteiger partial charge in [0.15, 0.2) is 11.6 Å². The van der Waals surface area contributed by atoms with Gasteiger partial charge < -0.3 is 15.2 Å². The van der Waals surface area contributed by atoms with Crippen LogP contribution in [0.2, 0.25) is 0 Å². The third kappa shape index (κ3) is 5.85. The van der Waals surface area contributed by atoms with Gasteiger partial charge >= 0.3 is 0 Å². The summed E-state index contributed by atoms with van der Waals surface area (Å²) in [5.74, 6) is -0.277. The molecule has 0 saturated carbocycles. The molecular weight excluding hydrogens is 409 g/mol. The van der Waals surface area contributed by atoms with E-state index < -0.39 is 11.9 Å². The first-order chi connectivity index (χ1) is 15.5. The number of carbonyl (C=O) groups is 1. The molecule has 1 amide bonds. The lowest BCUT2D eigenvalue weighted by molar-refractivity contribution is -0.118. The summed E-state index contributed by atoms with van der Waals surface area (Å²) in [6.45, 7) is 5.19. The van der Waals surface area contributed by atoms with Crippen LogP contribution in [0.1, 0.15) is 24.5 Å². The average Bonchev–Trinajstić information content (AvgIpc) is 3.23. The lowest BCUT2D eigenvalue weighted by atomic mass is 10.1. The van der Waals surface area contributed by atoms with Gasteiger partial charge in [0.25, 0.3) is 0 Å². The topological polar surface area (TPSA) is 65.0 Å². The maximum atomic E-state index is 13.6. The minimum absolute atomic E-state index is 0.00178. The predicted octanol–water partition coefficient (Wildman–Crippen LogP) is 2.70. The molecule has 0 radical (unpaired) electrons. The van der Waals surface area contributed by atoms with Gasteiger partial charge in [-0.25, -0.2) is 4.39 Å². The molecule has 2 aromatic rings. The molecule has 2 N–H and O–H groups in total. The van der Waals surface area contributed by atoms with Gasteiger partial charge in [0.05, 0.1) is 6.54 Å². The summed E-state index contributed by atoms with van der Waals surface area (Å²) in [4.78, 5) is 16.9. The molecule has 1 saturated heterocycles. The fraction of sp³-hybridized carbons (Fsp3) is 0.480. The number of β-amino-alcohol motifs (C(OH)–C–C–N with tert-alkyl or cyclic N) is 1. The summed E-state index contributed by atoms with van der Waals surface area (Å²) < 4.78 is 19.1. The van der Waals surface area contributed by atoms with Gasteiger partial charge in [0, 0.05) is 37.9 Å². The maximum Gasteiger partial charge on any atom is 0.238 e. The van der Waals surface area contributed by atoms with E-state index >= 15 is 0 Å². The summed E-state index contributed by atoms with van der Waals surface area (Å²) in [6, 6.07) is 12.6. The Bertz CT molecular complexity index is 938. The molecule has 0 aromatic heterocycles. The number of halogens is 1. The number of aliphatic hydroxyl groups is 1. The zero-order chi connectivity index (χ0) is 22.5. The minimum Gasteiger partial charge on any atom is -0.488 e. The van der Waals surface area contributed by atoms with Crippen molar-refractivity contribution in [2.75, 3.05) is 44.6 Å². The van der Waals surface area contributed by atoms with E-state index in [1.54, 1.807) is 18.2 Å². The highest BCUT2D eigenvalue weighted by Gasteiger charge is 2.26. The smallest absolute Gasteiger partial charge is 0.238 e. The molecule has 7 heteroatoms. The van der Waals surface area contributed by atoms with Crippen molar-refractivity contribution in [3.63, 3.8) is 0 Å². The van der Waals surface area contributed by atoms with Crippen molar-refractivity contribution in [1.82, 2.24) is 9.80 Å². The molecule has 4 rings (SSSR count). The van der Waals surface area contributed by atoms with Crippen molar-refractivity contribution >= 4 is 11.6 Å². The molecule has 2 aromatic carbocycles. The van der Waals surface area contributed by atoms with Gasteiger partial charge in [-0.3, -0.25) is 14.6 Å². The fourth-order valence-corrected chi connectivity index (χ4v) is 4.61. The first-order valence-corrected chi connectivity index (χ1v) is 11.4. The Hall–Kier alpha value is -2.48. The van der Waals surface area contributed by atoms with E-state index in [4.69, 9.17) is 4.74 Å². The highest BCUT2D eigenvalue weighted by molar-refractivity contribution is 5.92. The molecule has 2 aliphatic rings. The molecule has 6 nitrogen and oxygen atoms in total. The van der Waals surface area contributed by atoms with Gasteiger partial charge in [-0.1, -0.05) is 18.2 Å². The number of amides is 1. The highest BCUT2D eigenvalue weighted by Crippen LogP contribution is 2.25. The van der Waals surface area contributed by atoms with Crippen LogP contribution in [0.15, 0.2) is 42.5 Å². The summed E-state index contributed by atoms with van der Waals surface area (Å²) in [5, 5.41) is 13.4. The minimum atomic E-state index is -0.716. The number of para-hydroxylation sites is 1. The number of ether oxygens (including phenoxy) is 1. The number of benzene rings is 2. The second kappa shape index (κ2) is 10.4. The number of carbonyl (C=O) groups excluding carboxylic acids is 1. The Kier molecular flexibility index (Phi) is 7.40. The second-order valence-electron chi connectivity index (χ2n) is 8.86. The van der Waals surface area contributed by atoms with Crippen LogP contribution < -0.4 is 10.1 Å². The standard InChI is InChI=1S/C25H32FN3O3/c1-18-14-28(16-25(31)27-21-10-9-19-5-4-6-20(19)13-21)11-12-29(18)15-22(30)17-32-24-8-3-2-7-23(24)26/h2-3,7-10,13,18,22,30H,4-6,11-12,14-17H2,1H3,(H,27,31)/t18-,22+/m0/s1. The van der Waals surface area contributed by atoms with E-state index in [9.17, 15) is 14.3 Å². The van der Waals surface area contributed by atoms with Crippen LogP contribution in [0.3, 0.4) is 0 Å². The molecule has 2 atom stereocenters. The number of nitrogens with one attached hydrogen (secondary N) is 1. The van der Waals surface area contributed by atoms with E-state index in [1.807, 2.05) is 6.07 Å². The SMILES string of the molecule is C[C@H]1CN(CC(=O)Nc2ccc3c(c2)CCC3)CCN1C[C@@H](O)COc1ccccc1F. The van der Waals surface area contributed by atoms with Crippen LogP contribution in [-0.2, 0) is 17.6 Å². The van der Waals surface area contributed by atoms with E-state index in [0.717, 1.165) is 38.2 Å². The van der Waals surface area contributed by atoms with Gasteiger partial charge in [-0.2, -0.15) is 0 Å². The Morgan fingerprint density at radius 2 is 2.03 bits per heavy atom. The summed E-state index contributed by atoms with van der Waals surface area (Å²) in [6.07, 6.45) is 2.70. The molecule has 1 aliphatic carbocycles. The third-order valence-corrected chi connectivity index (χ3v) is 6.31. The summed E-state index contributed by atoms with van der Waals surface area (Å²) >= 11 is 0. The van der Waals surface area contributed by atoms with Crippen LogP contribution in [0.5, 0.6) is 5.75 Å². The lowest BCUT2D eigenvalue weighted by Gasteiger charge is -2.40. The molecule has 1 heterocycles. The monoisotopic (exact) mass is 441 g/mol. The Morgan fingerprint density at radius 3 is 2.84 bits per heavy atom. The fourth-order valence-electron chi connectivity index (χ4n) is 4.61. The number of aryl methyl sites for hydroxylation is 2. The zero-order valence-electron chi connectivity index (χ0n) is 18.6. The van der Waals surface area contributed by atoms with Crippen LogP contribution in [0, 0.1) is 5.82 Å². The molecular formula is C25H32FN3O3. The summed E-state index contributed by atoms with van der Waals surface area (Å²) in [5.41, 5.74) is 3.62. The quantitative estimate of drug-likeness (QED) is 0.660. The number of hydrogen-bond acceptors (Lipinski definition) is 5. The molecule has 1 fully saturated rings. The Balaban J connectivity index is 1.20. The first kappa shape index (κ1) is 22.7. The van der Waals surface area contributed by atoms with Crippen LogP contribution in [0.4, 0.5) is 10.1 Å². The van der Waals surface area contributed by atoms with Gasteiger partial charge in [-0.05, 0) is 61.6 Å². The van der Waals surface area contributed by atoms with Crippen molar-refractivity contribution in [3.05, 3.63) is 59.4 Å². The predicted molar refractivity (Wildman–Crippen MR) is 122 cm³/mol. The van der Waals surface area contributed by atoms with Crippen molar-refractivity contribution in [3.8, 4) is 5.75 Å². The number of anilines is 1. The Morgan fingerprint density at radius 1 is 1.22 bits per heavy atom. The number of aliphatic hydroxyl groups excluding tert-OH is 1. The molecule has 0 spiro atoms. The van der Waals surface area contributed by atoms with Crippen molar-refractivity contribution in [2.45, 2.75) is 38.3 Å². The van der Waals surface area contributed by atoms with Gasteiger partial charge in [0.2, 0.25) is 5.91 Å². The van der Waals surface area contributed by atoms with E-state index in [0.29, 0.717) is 13.1 Å². The maximum absolute atomic E-state index is 13.6. The third-order valence-electron chi connectivity index (χ3n) is 6.31. The number of nitrogens with zero attached hydrogens (tertiary/aromatic N) is 2. The van der Waals surface area contributed by atoms with E-state index in [-0.39, 0.29) is 24.3 Å². The number of rotatable bonds is 8. The normalized spacial score (nSPS) is 20.0. The number of piperazine rings is 1. The number of fused-ring (bicyclic) bond motifs is 1. The largest absolute Gasteiger partial charge is 0.488 e. The van der Waals surface area contributed by atoms with Crippen LogP contribution in [-0.4, -0.2) is 72.3 Å². The highest BCUT2D eigenvalue weighted by atomic mass is 19.1. The Labute approximate surface area is 189 Å². The number of hydrogen-bond donors (Lipinski definition) is 2. The first-order valence-electron chi connectivity index (χ1n) is 11.4. The zero-order valence-corrected chi connectivity index (χ0v) is 18.6. The summed E-state index contributed by atoms with van der Waals surface area (Å²) in [7, 11) is 0. The van der Waals surface area contributed by atoms with Crippen LogP contribution >= 0.6 is 0 Å². The molecule has 0 bridgehead atoms. The average molecular weight is 442 g/mol. The van der Waals surface area contributed by atoms with Crippen molar-refractivity contribution in [1.29, 1.82) is 0 Å². The molecule has 172 valence electrons. The van der Waals surface area contributed by atoms with Gasteiger partial charge in [-0.15, -0.1) is 0 Å². The molecule has 1 aliphatic heterocycles. The molecule has 32 heavy (non-hydrogen) atoms. The second-order valence-corrected chi connectivity index (χ2v) is 8.86. The lowest BCUT2D eigenvalue weighted by Crippen LogP contribution is -2.55. The van der Waals surface area contributed by atoms with Gasteiger partial charge in [0.1, 0.15) is 12.7 Å². The molecule has 0 unspecified atom stereocenters.